The molecule has 3 heterocycles. The van der Waals surface area contributed by atoms with Gasteiger partial charge in [-0.05, 0) is 45.9 Å². The topological polar surface area (TPSA) is 58.4 Å². The Hall–Kier alpha value is -1.08. The number of hydrogen-bond donors (Lipinski definition) is 1. The molecule has 0 aliphatic carbocycles. The molecule has 1 aliphatic heterocycles. The maximum Gasteiger partial charge on any atom is 0.265 e. The number of nitrogens with one attached hydrogen (secondary N) is 1. The van der Waals surface area contributed by atoms with Gasteiger partial charge in [-0.15, -0.1) is 36.2 Å². The van der Waals surface area contributed by atoms with Crippen LogP contribution < -0.4 is 5.32 Å². The van der Waals surface area contributed by atoms with Crippen molar-refractivity contribution in [3.63, 3.8) is 0 Å². The molecule has 0 bridgehead atoms. The van der Waals surface area contributed by atoms with Crippen LogP contribution in [0.1, 0.15) is 34.0 Å². The first-order valence-electron chi connectivity index (χ1n) is 7.59. The first-order valence-corrected chi connectivity index (χ1v) is 8.41. The summed E-state index contributed by atoms with van der Waals surface area (Å²) in [5.41, 5.74) is 0.787. The highest BCUT2D eigenvalue weighted by Crippen LogP contribution is 2.30. The molecule has 0 atom stereocenters. The normalized spacial score (nSPS) is 14.9. The number of amides is 1. The van der Waals surface area contributed by atoms with Crippen molar-refractivity contribution in [1.29, 1.82) is 0 Å². The molecule has 1 fully saturated rings. The maximum absolute atomic E-state index is 12.7. The van der Waals surface area contributed by atoms with Crippen molar-refractivity contribution in [2.45, 2.75) is 32.7 Å². The van der Waals surface area contributed by atoms with Crippen LogP contribution in [0.25, 0.3) is 10.8 Å². The average molecular weight is 392 g/mol. The molecule has 1 amide bonds. The zero-order valence-electron chi connectivity index (χ0n) is 14.0. The van der Waals surface area contributed by atoms with Gasteiger partial charge in [0.05, 0.1) is 5.69 Å². The predicted octanol–water partition coefficient (Wildman–Crippen LogP) is 3.69. The summed E-state index contributed by atoms with van der Waals surface area (Å²) in [4.78, 5) is 19.9. The molecule has 134 valence electrons. The molecule has 0 spiro atoms. The van der Waals surface area contributed by atoms with Gasteiger partial charge in [0.1, 0.15) is 10.6 Å². The van der Waals surface area contributed by atoms with E-state index in [9.17, 15) is 4.79 Å². The molecular formula is C16H23Cl2N3O2S. The number of rotatable bonds is 3. The van der Waals surface area contributed by atoms with Crippen LogP contribution in [-0.4, -0.2) is 42.0 Å². The fraction of sp³-hybridized carbons (Fsp3) is 0.500. The van der Waals surface area contributed by atoms with Gasteiger partial charge in [-0.3, -0.25) is 4.79 Å². The summed E-state index contributed by atoms with van der Waals surface area (Å²) in [6.45, 7) is 5.40. The number of piperidine rings is 1. The highest BCUT2D eigenvalue weighted by Gasteiger charge is 2.26. The minimum Gasteiger partial charge on any atom is -0.459 e. The Bertz CT molecular complexity index is 679. The van der Waals surface area contributed by atoms with Gasteiger partial charge in [0, 0.05) is 19.1 Å². The number of furan rings is 1. The van der Waals surface area contributed by atoms with E-state index in [1.54, 1.807) is 0 Å². The lowest BCUT2D eigenvalue weighted by Gasteiger charge is -2.31. The molecule has 1 aliphatic rings. The van der Waals surface area contributed by atoms with Gasteiger partial charge in [0.25, 0.3) is 5.91 Å². The number of thiazole rings is 1. The van der Waals surface area contributed by atoms with E-state index in [4.69, 9.17) is 4.42 Å². The first-order chi connectivity index (χ1) is 10.6. The molecular weight excluding hydrogens is 369 g/mol. The van der Waals surface area contributed by atoms with E-state index >= 15 is 0 Å². The van der Waals surface area contributed by atoms with Crippen molar-refractivity contribution in [1.82, 2.24) is 15.2 Å². The first kappa shape index (κ1) is 21.0. The molecule has 2 aromatic heterocycles. The van der Waals surface area contributed by atoms with Crippen LogP contribution in [0.3, 0.4) is 0 Å². The van der Waals surface area contributed by atoms with Crippen molar-refractivity contribution >= 4 is 42.1 Å². The van der Waals surface area contributed by atoms with Gasteiger partial charge in [0.15, 0.2) is 10.8 Å². The molecule has 0 unspecified atom stereocenters. The number of likely N-dealkylation sites (tertiary alicyclic amines) is 1. The van der Waals surface area contributed by atoms with Crippen molar-refractivity contribution in [3.8, 4) is 10.8 Å². The average Bonchev–Trinajstić information content (AvgIpc) is 3.12. The molecule has 0 saturated carbocycles. The van der Waals surface area contributed by atoms with Gasteiger partial charge in [-0.25, -0.2) is 4.98 Å². The van der Waals surface area contributed by atoms with Gasteiger partial charge in [-0.2, -0.15) is 0 Å². The summed E-state index contributed by atoms with van der Waals surface area (Å²) in [6.07, 6.45) is 2.01. The molecule has 0 radical (unpaired) electrons. The van der Waals surface area contributed by atoms with Crippen molar-refractivity contribution in [2.75, 3.05) is 20.1 Å². The molecule has 24 heavy (non-hydrogen) atoms. The Morgan fingerprint density at radius 2 is 1.96 bits per heavy atom. The number of carbonyl (C=O) groups is 1. The number of aryl methyl sites for hydroxylation is 2. The van der Waals surface area contributed by atoms with Crippen LogP contribution in [0, 0.1) is 13.8 Å². The third-order valence-corrected chi connectivity index (χ3v) is 5.29. The lowest BCUT2D eigenvalue weighted by atomic mass is 10.1. The predicted molar refractivity (Wildman–Crippen MR) is 102 cm³/mol. The minimum absolute atomic E-state index is 0. The van der Waals surface area contributed by atoms with Crippen LogP contribution in [0.4, 0.5) is 0 Å². The zero-order valence-corrected chi connectivity index (χ0v) is 16.4. The highest BCUT2D eigenvalue weighted by atomic mass is 35.5. The summed E-state index contributed by atoms with van der Waals surface area (Å²) in [5, 5.41) is 4.06. The van der Waals surface area contributed by atoms with E-state index in [2.05, 4.69) is 10.3 Å². The molecule has 5 nitrogen and oxygen atoms in total. The lowest BCUT2D eigenvalue weighted by molar-refractivity contribution is 0.0711. The van der Waals surface area contributed by atoms with E-state index in [1.807, 2.05) is 37.9 Å². The standard InChI is InChI=1S/C16H21N3O2S.2ClH/c1-10-4-5-13(21-10)15-18-11(2)14(22-15)16(20)19-8-6-12(17-3)7-9-19;;/h4-5,12,17H,6-9H2,1-3H3;2*1H. The quantitative estimate of drug-likeness (QED) is 0.866. The number of halogens is 2. The summed E-state index contributed by atoms with van der Waals surface area (Å²) in [6, 6.07) is 4.34. The SMILES string of the molecule is CNC1CCN(C(=O)c2sc(-c3ccc(C)o3)nc2C)CC1.Cl.Cl. The van der Waals surface area contributed by atoms with Gasteiger partial charge in [0.2, 0.25) is 0 Å². The van der Waals surface area contributed by atoms with Crippen LogP contribution in [0.5, 0.6) is 0 Å². The van der Waals surface area contributed by atoms with Gasteiger partial charge < -0.3 is 14.6 Å². The summed E-state index contributed by atoms with van der Waals surface area (Å²) < 4.78 is 5.61. The van der Waals surface area contributed by atoms with Crippen LogP contribution in [0.15, 0.2) is 16.5 Å². The molecule has 1 saturated heterocycles. The van der Waals surface area contributed by atoms with Gasteiger partial charge in [-0.1, -0.05) is 0 Å². The second-order valence-electron chi connectivity index (χ2n) is 5.70. The Morgan fingerprint density at radius 3 is 2.50 bits per heavy atom. The fourth-order valence-corrected chi connectivity index (χ4v) is 3.76. The minimum atomic E-state index is 0. The largest absolute Gasteiger partial charge is 0.459 e. The van der Waals surface area contributed by atoms with E-state index in [0.717, 1.165) is 53.0 Å². The van der Waals surface area contributed by atoms with E-state index < -0.39 is 0 Å². The summed E-state index contributed by atoms with van der Waals surface area (Å²) in [5.74, 6) is 1.68. The zero-order chi connectivity index (χ0) is 15.7. The van der Waals surface area contributed by atoms with E-state index in [1.165, 1.54) is 11.3 Å². The lowest BCUT2D eigenvalue weighted by Crippen LogP contribution is -2.43. The molecule has 8 heteroatoms. The van der Waals surface area contributed by atoms with Crippen LogP contribution in [0.2, 0.25) is 0 Å². The molecule has 1 N–H and O–H groups in total. The fourth-order valence-electron chi connectivity index (χ4n) is 2.76. The van der Waals surface area contributed by atoms with Gasteiger partial charge >= 0.3 is 0 Å². The summed E-state index contributed by atoms with van der Waals surface area (Å²) in [7, 11) is 1.98. The number of aromatic nitrogens is 1. The number of nitrogens with zero attached hydrogens (tertiary/aromatic N) is 2. The van der Waals surface area contributed by atoms with Crippen LogP contribution in [-0.2, 0) is 0 Å². The second-order valence-corrected chi connectivity index (χ2v) is 6.70. The monoisotopic (exact) mass is 391 g/mol. The third-order valence-electron chi connectivity index (χ3n) is 4.13. The van der Waals surface area contributed by atoms with Crippen molar-refractivity contribution in [2.24, 2.45) is 0 Å². The third kappa shape index (κ3) is 4.30. The summed E-state index contributed by atoms with van der Waals surface area (Å²) >= 11 is 1.42. The molecule has 3 rings (SSSR count). The Kier molecular flexibility index (Phi) is 7.73. The maximum atomic E-state index is 12.7. The second kappa shape index (κ2) is 8.85. The Balaban J connectivity index is 0.00000144. The Morgan fingerprint density at radius 1 is 1.29 bits per heavy atom. The molecule has 0 aromatic carbocycles. The smallest absolute Gasteiger partial charge is 0.265 e. The van der Waals surface area contributed by atoms with Crippen molar-refractivity contribution in [3.05, 3.63) is 28.5 Å². The number of carbonyl (C=O) groups excluding carboxylic acids is 1. The molecule has 2 aromatic rings. The van der Waals surface area contributed by atoms with Crippen molar-refractivity contribution < 1.29 is 9.21 Å². The van der Waals surface area contributed by atoms with Crippen LogP contribution >= 0.6 is 36.2 Å². The number of hydrogen-bond acceptors (Lipinski definition) is 5. The van der Waals surface area contributed by atoms with E-state index in [-0.39, 0.29) is 30.7 Å². The highest BCUT2D eigenvalue weighted by molar-refractivity contribution is 7.17. The Labute approximate surface area is 158 Å². The van der Waals surface area contributed by atoms with E-state index in [0.29, 0.717) is 6.04 Å².